The fourth-order valence-corrected chi connectivity index (χ4v) is 2.93. The Bertz CT molecular complexity index is 689. The molecule has 0 aliphatic heterocycles. The fourth-order valence-electron chi connectivity index (χ4n) is 2.93. The summed E-state index contributed by atoms with van der Waals surface area (Å²) in [5.74, 6) is 0. The molecule has 0 unspecified atom stereocenters. The first kappa shape index (κ1) is 12.5. The quantitative estimate of drug-likeness (QED) is 0.765. The van der Waals surface area contributed by atoms with Gasteiger partial charge in [0.1, 0.15) is 0 Å². The summed E-state index contributed by atoms with van der Waals surface area (Å²) >= 11 is 0. The van der Waals surface area contributed by atoms with Gasteiger partial charge in [0.05, 0.1) is 0 Å². The Hall–Kier alpha value is -1.57. The van der Waals surface area contributed by atoms with Crippen molar-refractivity contribution in [2.24, 2.45) is 0 Å². The molecule has 1 aliphatic carbocycles. The lowest BCUT2D eigenvalue weighted by Gasteiger charge is -2.20. The monoisotopic (exact) mass is 255 g/mol. The van der Waals surface area contributed by atoms with E-state index in [0.717, 1.165) is 41.4 Å². The van der Waals surface area contributed by atoms with Gasteiger partial charge in [0.25, 0.3) is 0 Å². The molecule has 2 aromatic rings. The number of aryl methyl sites for hydroxylation is 1. The number of aromatic amines is 1. The molecule has 1 N–H and O–H groups in total. The van der Waals surface area contributed by atoms with Crippen molar-refractivity contribution in [2.45, 2.75) is 51.9 Å². The number of hydrogen-bond donors (Lipinski definition) is 1. The zero-order valence-corrected chi connectivity index (χ0v) is 12.0. The van der Waals surface area contributed by atoms with Gasteiger partial charge in [-0.25, -0.2) is 0 Å². The number of hydrogen-bond acceptors (Lipinski definition) is 1. The Morgan fingerprint density at radius 3 is 2.58 bits per heavy atom. The SMILES string of the molecule is CC(C)(C)c1ccc2[nH]c3c(c(=O)c2c1)CCCC3. The smallest absolute Gasteiger partial charge is 0.192 e. The first-order valence-corrected chi connectivity index (χ1v) is 7.15. The Kier molecular flexibility index (Phi) is 2.77. The second-order valence-electron chi connectivity index (χ2n) is 6.63. The number of pyridine rings is 1. The summed E-state index contributed by atoms with van der Waals surface area (Å²) in [5.41, 5.74) is 4.71. The van der Waals surface area contributed by atoms with Crippen LogP contribution in [0.15, 0.2) is 23.0 Å². The molecule has 0 bridgehead atoms. The summed E-state index contributed by atoms with van der Waals surface area (Å²) < 4.78 is 0. The van der Waals surface area contributed by atoms with Crippen LogP contribution in [0.1, 0.15) is 50.4 Å². The molecular weight excluding hydrogens is 234 g/mol. The normalized spacial score (nSPS) is 15.5. The zero-order valence-electron chi connectivity index (χ0n) is 12.0. The van der Waals surface area contributed by atoms with Gasteiger partial charge in [-0.2, -0.15) is 0 Å². The Labute approximate surface area is 113 Å². The van der Waals surface area contributed by atoms with E-state index in [1.54, 1.807) is 0 Å². The van der Waals surface area contributed by atoms with Gasteiger partial charge >= 0.3 is 0 Å². The van der Waals surface area contributed by atoms with Crippen LogP contribution in [-0.4, -0.2) is 4.98 Å². The maximum atomic E-state index is 12.6. The Morgan fingerprint density at radius 2 is 1.84 bits per heavy atom. The lowest BCUT2D eigenvalue weighted by Crippen LogP contribution is -2.19. The molecule has 1 aromatic heterocycles. The van der Waals surface area contributed by atoms with Crippen molar-refractivity contribution < 1.29 is 0 Å². The van der Waals surface area contributed by atoms with E-state index in [1.807, 2.05) is 0 Å². The van der Waals surface area contributed by atoms with Gasteiger partial charge in [0, 0.05) is 22.2 Å². The van der Waals surface area contributed by atoms with Gasteiger partial charge in [-0.3, -0.25) is 4.79 Å². The van der Waals surface area contributed by atoms with E-state index >= 15 is 0 Å². The lowest BCUT2D eigenvalue weighted by atomic mass is 9.85. The molecule has 1 aromatic carbocycles. The predicted octanol–water partition coefficient (Wildman–Crippen LogP) is 3.70. The fraction of sp³-hybridized carbons (Fsp3) is 0.471. The van der Waals surface area contributed by atoms with Crippen LogP contribution in [0.2, 0.25) is 0 Å². The summed E-state index contributed by atoms with van der Waals surface area (Å²) in [5, 5.41) is 0.855. The molecule has 0 amide bonds. The Morgan fingerprint density at radius 1 is 1.11 bits per heavy atom. The van der Waals surface area contributed by atoms with E-state index in [-0.39, 0.29) is 10.8 Å². The second-order valence-corrected chi connectivity index (χ2v) is 6.63. The van der Waals surface area contributed by atoms with Crippen LogP contribution < -0.4 is 5.43 Å². The largest absolute Gasteiger partial charge is 0.358 e. The van der Waals surface area contributed by atoms with Crippen LogP contribution >= 0.6 is 0 Å². The minimum atomic E-state index is 0.0799. The Balaban J connectivity index is 2.29. The molecule has 0 spiro atoms. The number of H-pyrrole nitrogens is 1. The van der Waals surface area contributed by atoms with Gasteiger partial charge in [-0.05, 0) is 48.8 Å². The van der Waals surface area contributed by atoms with Crippen molar-refractivity contribution in [3.63, 3.8) is 0 Å². The third-order valence-electron chi connectivity index (χ3n) is 4.16. The third kappa shape index (κ3) is 2.09. The van der Waals surface area contributed by atoms with E-state index in [2.05, 4.69) is 44.0 Å². The van der Waals surface area contributed by atoms with E-state index < -0.39 is 0 Å². The standard InChI is InChI=1S/C17H21NO/c1-17(2,3)11-8-9-15-13(10-11)16(19)12-6-4-5-7-14(12)18-15/h8-10H,4-7H2,1-3H3,(H,18,19). The van der Waals surface area contributed by atoms with Crippen molar-refractivity contribution in [1.82, 2.24) is 4.98 Å². The number of rotatable bonds is 0. The minimum Gasteiger partial charge on any atom is -0.358 e. The van der Waals surface area contributed by atoms with Crippen LogP contribution in [0.25, 0.3) is 10.9 Å². The predicted molar refractivity (Wildman–Crippen MR) is 79.9 cm³/mol. The molecule has 1 heterocycles. The molecule has 0 saturated carbocycles. The molecule has 0 saturated heterocycles. The summed E-state index contributed by atoms with van der Waals surface area (Å²) in [6.07, 6.45) is 4.27. The maximum absolute atomic E-state index is 12.6. The van der Waals surface area contributed by atoms with Crippen LogP contribution in [0.5, 0.6) is 0 Å². The van der Waals surface area contributed by atoms with Gasteiger partial charge < -0.3 is 4.98 Å². The molecule has 100 valence electrons. The minimum absolute atomic E-state index is 0.0799. The van der Waals surface area contributed by atoms with Gasteiger partial charge in [-0.15, -0.1) is 0 Å². The van der Waals surface area contributed by atoms with E-state index in [4.69, 9.17) is 0 Å². The summed E-state index contributed by atoms with van der Waals surface area (Å²) in [6.45, 7) is 6.54. The van der Waals surface area contributed by atoms with Gasteiger partial charge in [0.15, 0.2) is 5.43 Å². The molecule has 2 heteroatoms. The highest BCUT2D eigenvalue weighted by atomic mass is 16.1. The van der Waals surface area contributed by atoms with Crippen molar-refractivity contribution >= 4 is 10.9 Å². The van der Waals surface area contributed by atoms with Crippen LogP contribution in [0, 0.1) is 0 Å². The molecule has 3 rings (SSSR count). The number of nitrogens with one attached hydrogen (secondary N) is 1. The first-order chi connectivity index (χ1) is 8.97. The van der Waals surface area contributed by atoms with E-state index in [1.165, 1.54) is 12.0 Å². The molecule has 19 heavy (non-hydrogen) atoms. The highest BCUT2D eigenvalue weighted by Gasteiger charge is 2.18. The van der Waals surface area contributed by atoms with Crippen molar-refractivity contribution in [2.75, 3.05) is 0 Å². The van der Waals surface area contributed by atoms with Crippen molar-refractivity contribution in [3.05, 3.63) is 45.2 Å². The highest BCUT2D eigenvalue weighted by molar-refractivity contribution is 5.80. The van der Waals surface area contributed by atoms with Crippen LogP contribution in [0.4, 0.5) is 0 Å². The third-order valence-corrected chi connectivity index (χ3v) is 4.16. The molecule has 0 radical (unpaired) electrons. The first-order valence-electron chi connectivity index (χ1n) is 7.15. The van der Waals surface area contributed by atoms with Crippen LogP contribution in [0.3, 0.4) is 0 Å². The lowest BCUT2D eigenvalue weighted by molar-refractivity contribution is 0.591. The number of aromatic nitrogens is 1. The topological polar surface area (TPSA) is 32.9 Å². The zero-order chi connectivity index (χ0) is 13.6. The summed E-state index contributed by atoms with van der Waals surface area (Å²) in [4.78, 5) is 16.1. The highest BCUT2D eigenvalue weighted by Crippen LogP contribution is 2.26. The molecule has 0 fully saturated rings. The van der Waals surface area contributed by atoms with Gasteiger partial charge in [-0.1, -0.05) is 26.8 Å². The maximum Gasteiger partial charge on any atom is 0.192 e. The van der Waals surface area contributed by atoms with E-state index in [9.17, 15) is 4.79 Å². The van der Waals surface area contributed by atoms with Gasteiger partial charge in [0.2, 0.25) is 0 Å². The molecule has 1 aliphatic rings. The average Bonchev–Trinajstić information content (AvgIpc) is 2.37. The number of fused-ring (bicyclic) bond motifs is 2. The summed E-state index contributed by atoms with van der Waals surface area (Å²) in [7, 11) is 0. The van der Waals surface area contributed by atoms with Crippen molar-refractivity contribution in [1.29, 1.82) is 0 Å². The average molecular weight is 255 g/mol. The molecular formula is C17H21NO. The second kappa shape index (κ2) is 4.22. The molecule has 2 nitrogen and oxygen atoms in total. The van der Waals surface area contributed by atoms with Crippen molar-refractivity contribution in [3.8, 4) is 0 Å². The molecule has 0 atom stereocenters. The number of benzene rings is 1. The van der Waals surface area contributed by atoms with E-state index in [0.29, 0.717) is 0 Å². The summed E-state index contributed by atoms with van der Waals surface area (Å²) in [6, 6.07) is 6.27. The van der Waals surface area contributed by atoms with Crippen LogP contribution in [-0.2, 0) is 18.3 Å².